The minimum Gasteiger partial charge on any atom is -0.396 e. The lowest BCUT2D eigenvalue weighted by Crippen LogP contribution is -2.24. The summed E-state index contributed by atoms with van der Waals surface area (Å²) in [6.45, 7) is 6.59. The van der Waals surface area contributed by atoms with Gasteiger partial charge in [0.25, 0.3) is 5.89 Å². The molecule has 0 aliphatic heterocycles. The van der Waals surface area contributed by atoms with Crippen LogP contribution in [0.25, 0.3) is 33.9 Å². The average molecular weight is 364 g/mol. The van der Waals surface area contributed by atoms with Gasteiger partial charge in [-0.2, -0.15) is 4.98 Å². The number of aromatic nitrogens is 6. The van der Waals surface area contributed by atoms with Gasteiger partial charge < -0.3 is 9.63 Å². The Morgan fingerprint density at radius 3 is 2.85 bits per heavy atom. The highest BCUT2D eigenvalue weighted by Gasteiger charge is 2.20. The molecule has 0 aliphatic rings. The second-order valence-corrected chi connectivity index (χ2v) is 7.39. The fraction of sp³-hybridized carbons (Fsp3) is 0.316. The molecule has 8 heteroatoms. The molecule has 4 aromatic rings. The molecule has 0 atom stereocenters. The summed E-state index contributed by atoms with van der Waals surface area (Å²) in [5, 5.41) is 22.0. The number of pyridine rings is 1. The molecule has 4 rings (SSSR count). The molecule has 8 nitrogen and oxygen atoms in total. The number of aliphatic hydroxyl groups excluding tert-OH is 1. The van der Waals surface area contributed by atoms with Crippen molar-refractivity contribution in [3.05, 3.63) is 42.2 Å². The van der Waals surface area contributed by atoms with Gasteiger partial charge >= 0.3 is 0 Å². The van der Waals surface area contributed by atoms with Gasteiger partial charge in [0.2, 0.25) is 5.82 Å². The number of rotatable bonds is 5. The lowest BCUT2D eigenvalue weighted by molar-refractivity contribution is 0.137. The van der Waals surface area contributed by atoms with Crippen LogP contribution in [0.2, 0.25) is 0 Å². The van der Waals surface area contributed by atoms with Crippen LogP contribution < -0.4 is 0 Å². The van der Waals surface area contributed by atoms with E-state index >= 15 is 0 Å². The maximum absolute atomic E-state index is 9.48. The monoisotopic (exact) mass is 364 g/mol. The summed E-state index contributed by atoms with van der Waals surface area (Å²) < 4.78 is 7.22. The second kappa shape index (κ2) is 6.55. The summed E-state index contributed by atoms with van der Waals surface area (Å²) in [5.74, 6) is 0.921. The van der Waals surface area contributed by atoms with Gasteiger partial charge in [-0.15, -0.1) is 5.10 Å². The molecule has 3 heterocycles. The van der Waals surface area contributed by atoms with Crippen molar-refractivity contribution in [1.82, 2.24) is 30.1 Å². The van der Waals surface area contributed by atoms with Crippen molar-refractivity contribution < 1.29 is 9.63 Å². The summed E-state index contributed by atoms with van der Waals surface area (Å²) in [4.78, 5) is 8.61. The number of hydrogen-bond donors (Lipinski definition) is 1. The summed E-state index contributed by atoms with van der Waals surface area (Å²) in [6, 6.07) is 7.63. The van der Waals surface area contributed by atoms with E-state index in [1.165, 1.54) is 0 Å². The van der Waals surface area contributed by atoms with Crippen LogP contribution in [0.4, 0.5) is 0 Å². The molecule has 0 fully saturated rings. The van der Waals surface area contributed by atoms with E-state index in [0.29, 0.717) is 18.3 Å². The number of benzene rings is 1. The van der Waals surface area contributed by atoms with E-state index in [1.807, 2.05) is 45.0 Å². The molecule has 0 unspecified atom stereocenters. The predicted molar refractivity (Wildman–Crippen MR) is 99.7 cm³/mol. The van der Waals surface area contributed by atoms with Gasteiger partial charge in [0, 0.05) is 30.0 Å². The highest BCUT2D eigenvalue weighted by Crippen LogP contribution is 2.26. The topological polar surface area (TPSA) is 103 Å². The Hall–Kier alpha value is -3.13. The van der Waals surface area contributed by atoms with Crippen molar-refractivity contribution in [2.75, 3.05) is 6.61 Å². The molecular weight excluding hydrogens is 344 g/mol. The van der Waals surface area contributed by atoms with Gasteiger partial charge in [-0.1, -0.05) is 24.2 Å². The second-order valence-electron chi connectivity index (χ2n) is 7.39. The van der Waals surface area contributed by atoms with Crippen molar-refractivity contribution >= 4 is 11.0 Å². The lowest BCUT2D eigenvalue weighted by atomic mass is 9.95. The highest BCUT2D eigenvalue weighted by atomic mass is 16.5. The lowest BCUT2D eigenvalue weighted by Gasteiger charge is -2.21. The van der Waals surface area contributed by atoms with Crippen molar-refractivity contribution in [3.8, 4) is 22.8 Å². The first kappa shape index (κ1) is 17.3. The molecular formula is C19H20N6O2. The molecule has 1 aromatic carbocycles. The van der Waals surface area contributed by atoms with Crippen LogP contribution in [0.5, 0.6) is 0 Å². The van der Waals surface area contributed by atoms with E-state index in [0.717, 1.165) is 27.7 Å². The third-order valence-corrected chi connectivity index (χ3v) is 4.47. The van der Waals surface area contributed by atoms with E-state index < -0.39 is 0 Å². The molecule has 0 aliphatic carbocycles. The van der Waals surface area contributed by atoms with Crippen LogP contribution in [0.1, 0.15) is 19.4 Å². The molecule has 138 valence electrons. The largest absolute Gasteiger partial charge is 0.396 e. The van der Waals surface area contributed by atoms with Gasteiger partial charge in [0.1, 0.15) is 5.52 Å². The van der Waals surface area contributed by atoms with Crippen LogP contribution in [0.15, 0.2) is 41.2 Å². The third kappa shape index (κ3) is 3.31. The fourth-order valence-corrected chi connectivity index (χ4v) is 2.82. The smallest absolute Gasteiger partial charge is 0.260 e. The van der Waals surface area contributed by atoms with Gasteiger partial charge in [0.05, 0.1) is 17.6 Å². The number of fused-ring (bicyclic) bond motifs is 1. The summed E-state index contributed by atoms with van der Waals surface area (Å²) >= 11 is 0. The normalized spacial score (nSPS) is 12.0. The molecule has 0 bridgehead atoms. The first-order valence-electron chi connectivity index (χ1n) is 8.66. The first-order valence-corrected chi connectivity index (χ1v) is 8.66. The highest BCUT2D eigenvalue weighted by molar-refractivity contribution is 5.80. The third-order valence-electron chi connectivity index (χ3n) is 4.47. The van der Waals surface area contributed by atoms with Crippen LogP contribution in [0, 0.1) is 12.3 Å². The Balaban J connectivity index is 1.67. The quantitative estimate of drug-likeness (QED) is 0.581. The van der Waals surface area contributed by atoms with Gasteiger partial charge in [-0.25, -0.2) is 4.68 Å². The molecule has 0 saturated carbocycles. The molecule has 0 radical (unpaired) electrons. The van der Waals surface area contributed by atoms with Gasteiger partial charge in [-0.3, -0.25) is 4.98 Å². The zero-order valence-corrected chi connectivity index (χ0v) is 15.4. The molecule has 0 amide bonds. The van der Waals surface area contributed by atoms with E-state index in [4.69, 9.17) is 4.52 Å². The standard InChI is InChI=1S/C19H20N6O2/c1-12-6-7-20-9-14(12)18-21-17(23-27-18)13-4-5-16-15(8-13)22-24-25(16)10-19(2,3)11-26/h4-9,26H,10-11H2,1-3H3. The van der Waals surface area contributed by atoms with E-state index in [-0.39, 0.29) is 12.0 Å². The summed E-state index contributed by atoms with van der Waals surface area (Å²) in [7, 11) is 0. The molecule has 3 aromatic heterocycles. The summed E-state index contributed by atoms with van der Waals surface area (Å²) in [6.07, 6.45) is 3.44. The molecule has 1 N–H and O–H groups in total. The molecule has 27 heavy (non-hydrogen) atoms. The number of nitrogens with zero attached hydrogens (tertiary/aromatic N) is 6. The number of hydrogen-bond acceptors (Lipinski definition) is 7. The molecule has 0 saturated heterocycles. The van der Waals surface area contributed by atoms with Crippen molar-refractivity contribution in [2.24, 2.45) is 5.41 Å². The molecule has 0 spiro atoms. The SMILES string of the molecule is Cc1ccncc1-c1nc(-c2ccc3c(c2)nnn3CC(C)(C)CO)no1. The maximum Gasteiger partial charge on any atom is 0.260 e. The zero-order valence-electron chi connectivity index (χ0n) is 15.4. The minimum absolute atomic E-state index is 0.0752. The van der Waals surface area contributed by atoms with Crippen molar-refractivity contribution in [3.63, 3.8) is 0 Å². The number of aliphatic hydroxyl groups is 1. The Bertz CT molecular complexity index is 1100. The minimum atomic E-state index is -0.274. The van der Waals surface area contributed by atoms with E-state index in [1.54, 1.807) is 17.1 Å². The van der Waals surface area contributed by atoms with Crippen LogP contribution in [-0.2, 0) is 6.54 Å². The Labute approximate surface area is 155 Å². The Morgan fingerprint density at radius 1 is 1.22 bits per heavy atom. The van der Waals surface area contributed by atoms with Crippen LogP contribution in [-0.4, -0.2) is 41.8 Å². The average Bonchev–Trinajstić information content (AvgIpc) is 3.29. The van der Waals surface area contributed by atoms with Gasteiger partial charge in [0.15, 0.2) is 0 Å². The Morgan fingerprint density at radius 2 is 2.07 bits per heavy atom. The zero-order chi connectivity index (χ0) is 19.0. The Kier molecular flexibility index (Phi) is 4.19. The fourth-order valence-electron chi connectivity index (χ4n) is 2.82. The predicted octanol–water partition coefficient (Wildman–Crippen LogP) is 2.87. The van der Waals surface area contributed by atoms with E-state index in [9.17, 15) is 5.11 Å². The van der Waals surface area contributed by atoms with Crippen molar-refractivity contribution in [1.29, 1.82) is 0 Å². The summed E-state index contributed by atoms with van der Waals surface area (Å²) in [5.41, 5.74) is 3.99. The number of aryl methyl sites for hydroxylation is 1. The first-order chi connectivity index (χ1) is 13.0. The van der Waals surface area contributed by atoms with Crippen LogP contribution in [0.3, 0.4) is 0 Å². The van der Waals surface area contributed by atoms with Gasteiger partial charge in [-0.05, 0) is 36.8 Å². The van der Waals surface area contributed by atoms with Crippen LogP contribution >= 0.6 is 0 Å². The van der Waals surface area contributed by atoms with E-state index in [2.05, 4.69) is 25.4 Å². The van der Waals surface area contributed by atoms with Crippen molar-refractivity contribution in [2.45, 2.75) is 27.3 Å². The maximum atomic E-state index is 9.48.